The van der Waals surface area contributed by atoms with Gasteiger partial charge in [0, 0.05) is 11.9 Å². The molecule has 4 N–H and O–H groups in total. The van der Waals surface area contributed by atoms with Crippen LogP contribution in [-0.2, 0) is 0 Å². The minimum Gasteiger partial charge on any atom is -0.497 e. The summed E-state index contributed by atoms with van der Waals surface area (Å²) in [5.41, 5.74) is 6.71. The second kappa shape index (κ2) is 8.33. The topological polar surface area (TPSA) is 111 Å². The fraction of sp³-hybridized carbons (Fsp3) is 0.211. The van der Waals surface area contributed by atoms with Crippen molar-refractivity contribution in [1.29, 1.82) is 0 Å². The summed E-state index contributed by atoms with van der Waals surface area (Å²) in [5.74, 6) is 1.72. The number of fused-ring (bicyclic) bond motifs is 1. The number of nitrogens with zero attached hydrogens (tertiary/aromatic N) is 2. The number of hydrogen-bond acceptors (Lipinski definition) is 7. The molecule has 0 radical (unpaired) electrons. The van der Waals surface area contributed by atoms with Gasteiger partial charge in [-0.1, -0.05) is 18.2 Å². The molecule has 0 aliphatic rings. The number of methoxy groups -OCH3 is 1. The van der Waals surface area contributed by atoms with Crippen LogP contribution in [0.2, 0.25) is 0 Å². The van der Waals surface area contributed by atoms with E-state index in [0.717, 1.165) is 16.7 Å². The maximum Gasteiger partial charge on any atom is 0.410 e. The Labute approximate surface area is 156 Å². The molecule has 1 amide bonds. The van der Waals surface area contributed by atoms with Crippen LogP contribution in [0.1, 0.15) is 11.6 Å². The Balaban J connectivity index is 1.96. The Morgan fingerprint density at radius 1 is 1.19 bits per heavy atom. The number of rotatable bonds is 7. The van der Waals surface area contributed by atoms with Gasteiger partial charge >= 0.3 is 6.09 Å². The highest BCUT2D eigenvalue weighted by Gasteiger charge is 2.15. The summed E-state index contributed by atoms with van der Waals surface area (Å²) < 4.78 is 10.3. The quantitative estimate of drug-likeness (QED) is 0.588. The second-order valence-corrected chi connectivity index (χ2v) is 5.82. The summed E-state index contributed by atoms with van der Waals surface area (Å²) in [6, 6.07) is 13.0. The van der Waals surface area contributed by atoms with Gasteiger partial charge in [0.05, 0.1) is 13.2 Å². The molecule has 0 fully saturated rings. The molecule has 1 atom stereocenters. The van der Waals surface area contributed by atoms with Crippen molar-refractivity contribution in [3.05, 3.63) is 54.4 Å². The number of benzene rings is 2. The molecule has 1 aromatic heterocycles. The Hall–Kier alpha value is -3.39. The molecule has 8 nitrogen and oxygen atoms in total. The molecule has 3 rings (SSSR count). The normalized spacial score (nSPS) is 11.8. The van der Waals surface area contributed by atoms with Crippen LogP contribution in [0, 0.1) is 0 Å². The van der Waals surface area contributed by atoms with Crippen molar-refractivity contribution in [3.63, 3.8) is 0 Å². The van der Waals surface area contributed by atoms with Gasteiger partial charge in [0.1, 0.15) is 23.4 Å². The second-order valence-electron chi connectivity index (χ2n) is 5.82. The Bertz CT molecular complexity index is 930. The fourth-order valence-electron chi connectivity index (χ4n) is 2.82. The van der Waals surface area contributed by atoms with Crippen LogP contribution >= 0.6 is 0 Å². The van der Waals surface area contributed by atoms with Crippen molar-refractivity contribution in [2.75, 3.05) is 26.0 Å². The standard InChI is InChI=1S/C19H21N5O3/c1-21-10-15(12-6-8-13(26-2)9-7-12)24-18-14-4-3-5-16(27-19(20)25)17(14)22-11-23-18/h3-9,11,15,21H,10H2,1-2H3,(H2,20,25)(H,22,23,24). The molecule has 0 aliphatic carbocycles. The molecule has 0 saturated carbocycles. The molecule has 140 valence electrons. The fourth-order valence-corrected chi connectivity index (χ4v) is 2.82. The molecule has 2 aromatic carbocycles. The van der Waals surface area contributed by atoms with Gasteiger partial charge in [-0.3, -0.25) is 0 Å². The minimum absolute atomic E-state index is 0.0419. The highest BCUT2D eigenvalue weighted by Crippen LogP contribution is 2.29. The van der Waals surface area contributed by atoms with E-state index in [9.17, 15) is 4.79 Å². The third kappa shape index (κ3) is 4.24. The smallest absolute Gasteiger partial charge is 0.410 e. The highest BCUT2D eigenvalue weighted by molar-refractivity contribution is 5.94. The monoisotopic (exact) mass is 367 g/mol. The van der Waals surface area contributed by atoms with E-state index >= 15 is 0 Å². The van der Waals surface area contributed by atoms with Crippen molar-refractivity contribution < 1.29 is 14.3 Å². The van der Waals surface area contributed by atoms with Crippen molar-refractivity contribution in [2.45, 2.75) is 6.04 Å². The van der Waals surface area contributed by atoms with E-state index in [4.69, 9.17) is 15.2 Å². The van der Waals surface area contributed by atoms with Gasteiger partial charge in [0.25, 0.3) is 0 Å². The minimum atomic E-state index is -0.887. The molecular formula is C19H21N5O3. The molecule has 3 aromatic rings. The van der Waals surface area contributed by atoms with E-state index < -0.39 is 6.09 Å². The van der Waals surface area contributed by atoms with Gasteiger partial charge in [-0.2, -0.15) is 0 Å². The number of hydrogen-bond donors (Lipinski definition) is 3. The van der Waals surface area contributed by atoms with E-state index in [2.05, 4.69) is 20.6 Å². The number of anilines is 1. The van der Waals surface area contributed by atoms with Crippen LogP contribution in [0.3, 0.4) is 0 Å². The number of likely N-dealkylation sites (N-methyl/N-ethyl adjacent to an activating group) is 1. The van der Waals surface area contributed by atoms with E-state index in [1.807, 2.05) is 37.4 Å². The van der Waals surface area contributed by atoms with Crippen LogP contribution < -0.4 is 25.8 Å². The van der Waals surface area contributed by atoms with Crippen molar-refractivity contribution in [2.24, 2.45) is 5.73 Å². The summed E-state index contributed by atoms with van der Waals surface area (Å²) in [7, 11) is 3.52. The zero-order valence-electron chi connectivity index (χ0n) is 15.1. The summed E-state index contributed by atoms with van der Waals surface area (Å²) >= 11 is 0. The van der Waals surface area contributed by atoms with Crippen LogP contribution in [0.15, 0.2) is 48.8 Å². The van der Waals surface area contributed by atoms with Crippen LogP contribution in [0.4, 0.5) is 10.6 Å². The van der Waals surface area contributed by atoms with Crippen molar-refractivity contribution >= 4 is 22.8 Å². The summed E-state index contributed by atoms with van der Waals surface area (Å²) in [4.78, 5) is 19.7. The van der Waals surface area contributed by atoms with Crippen molar-refractivity contribution in [3.8, 4) is 11.5 Å². The number of carbonyl (C=O) groups is 1. The highest BCUT2D eigenvalue weighted by atomic mass is 16.5. The average molecular weight is 367 g/mol. The van der Waals surface area contributed by atoms with Crippen LogP contribution in [0.25, 0.3) is 10.9 Å². The van der Waals surface area contributed by atoms with Gasteiger partial charge < -0.3 is 25.8 Å². The third-order valence-corrected chi connectivity index (χ3v) is 4.08. The maximum absolute atomic E-state index is 11.1. The lowest BCUT2D eigenvalue weighted by Gasteiger charge is -2.21. The summed E-state index contributed by atoms with van der Waals surface area (Å²) in [6.07, 6.45) is 0.533. The van der Waals surface area contributed by atoms with Gasteiger partial charge in [-0.25, -0.2) is 14.8 Å². The van der Waals surface area contributed by atoms with Crippen LogP contribution in [0.5, 0.6) is 11.5 Å². The number of primary amides is 1. The van der Waals surface area contributed by atoms with Crippen LogP contribution in [-0.4, -0.2) is 36.8 Å². The van der Waals surface area contributed by atoms with Gasteiger partial charge in [0.2, 0.25) is 0 Å². The molecule has 8 heteroatoms. The predicted octanol–water partition coefficient (Wildman–Crippen LogP) is 2.47. The number of aromatic nitrogens is 2. The zero-order valence-corrected chi connectivity index (χ0v) is 15.1. The van der Waals surface area contributed by atoms with E-state index in [0.29, 0.717) is 23.6 Å². The Morgan fingerprint density at radius 2 is 1.96 bits per heavy atom. The first-order valence-corrected chi connectivity index (χ1v) is 8.38. The number of carbonyl (C=O) groups excluding carboxylic acids is 1. The Kier molecular flexibility index (Phi) is 5.68. The predicted molar refractivity (Wildman–Crippen MR) is 103 cm³/mol. The molecule has 0 saturated heterocycles. The average Bonchev–Trinajstić information content (AvgIpc) is 2.68. The lowest BCUT2D eigenvalue weighted by Crippen LogP contribution is -2.24. The molecule has 27 heavy (non-hydrogen) atoms. The lowest BCUT2D eigenvalue weighted by atomic mass is 10.1. The summed E-state index contributed by atoms with van der Waals surface area (Å²) in [6.45, 7) is 0.676. The lowest BCUT2D eigenvalue weighted by molar-refractivity contribution is 0.211. The number of nitrogens with one attached hydrogen (secondary N) is 2. The van der Waals surface area contributed by atoms with E-state index in [-0.39, 0.29) is 6.04 Å². The first-order valence-electron chi connectivity index (χ1n) is 8.38. The SMILES string of the molecule is CNCC(Nc1ncnc2c(OC(N)=O)cccc12)c1ccc(OC)cc1. The third-order valence-electron chi connectivity index (χ3n) is 4.08. The number of amides is 1. The number of nitrogens with two attached hydrogens (primary N) is 1. The maximum atomic E-state index is 11.1. The van der Waals surface area contributed by atoms with Crippen molar-refractivity contribution in [1.82, 2.24) is 15.3 Å². The molecule has 1 unspecified atom stereocenters. The van der Waals surface area contributed by atoms with Gasteiger partial charge in [0.15, 0.2) is 5.75 Å². The first kappa shape index (κ1) is 18.4. The largest absolute Gasteiger partial charge is 0.497 e. The molecule has 0 spiro atoms. The molecule has 1 heterocycles. The summed E-state index contributed by atoms with van der Waals surface area (Å²) in [5, 5.41) is 7.34. The van der Waals surface area contributed by atoms with E-state index in [1.54, 1.807) is 19.2 Å². The number of ether oxygens (including phenoxy) is 2. The number of para-hydroxylation sites is 1. The molecule has 0 bridgehead atoms. The van der Waals surface area contributed by atoms with Gasteiger partial charge in [-0.15, -0.1) is 0 Å². The first-order chi connectivity index (χ1) is 13.1. The van der Waals surface area contributed by atoms with E-state index in [1.165, 1.54) is 6.33 Å². The van der Waals surface area contributed by atoms with Gasteiger partial charge in [-0.05, 0) is 36.9 Å². The molecule has 0 aliphatic heterocycles. The Morgan fingerprint density at radius 3 is 2.63 bits per heavy atom. The molecular weight excluding hydrogens is 346 g/mol. The zero-order chi connectivity index (χ0) is 19.2.